The Morgan fingerprint density at radius 1 is 1.41 bits per heavy atom. The summed E-state index contributed by atoms with van der Waals surface area (Å²) in [6, 6.07) is 6.29. The van der Waals surface area contributed by atoms with Crippen molar-refractivity contribution in [3.05, 3.63) is 29.8 Å². The van der Waals surface area contributed by atoms with Gasteiger partial charge in [-0.3, -0.25) is 4.79 Å². The van der Waals surface area contributed by atoms with Crippen molar-refractivity contribution >= 4 is 23.6 Å². The Labute approximate surface area is 104 Å². The van der Waals surface area contributed by atoms with Gasteiger partial charge in [0, 0.05) is 4.90 Å². The molecule has 0 unspecified atom stereocenters. The first-order valence-corrected chi connectivity index (χ1v) is 6.49. The van der Waals surface area contributed by atoms with Crippen LogP contribution >= 0.6 is 11.8 Å². The van der Waals surface area contributed by atoms with Gasteiger partial charge in [-0.1, -0.05) is 19.1 Å². The maximum absolute atomic E-state index is 11.9. The van der Waals surface area contributed by atoms with E-state index in [9.17, 15) is 9.59 Å². The summed E-state index contributed by atoms with van der Waals surface area (Å²) < 4.78 is 0. The molecule has 0 saturated carbocycles. The quantitative estimate of drug-likeness (QED) is 0.788. The normalized spacial score (nSPS) is 11.9. The van der Waals surface area contributed by atoms with Gasteiger partial charge in [0.2, 0.25) is 0 Å². The van der Waals surface area contributed by atoms with E-state index < -0.39 is 12.0 Å². The van der Waals surface area contributed by atoms with Crippen LogP contribution in [0.2, 0.25) is 0 Å². The second-order valence-electron chi connectivity index (χ2n) is 3.47. The second-order valence-corrected chi connectivity index (χ2v) is 4.32. The minimum absolute atomic E-state index is 0.343. The average molecular weight is 253 g/mol. The van der Waals surface area contributed by atoms with Crippen LogP contribution in [0, 0.1) is 0 Å². The number of amides is 1. The zero-order valence-corrected chi connectivity index (χ0v) is 10.6. The van der Waals surface area contributed by atoms with E-state index in [1.54, 1.807) is 19.1 Å². The van der Waals surface area contributed by atoms with E-state index in [0.29, 0.717) is 12.0 Å². The lowest BCUT2D eigenvalue weighted by molar-refractivity contribution is -0.139. The van der Waals surface area contributed by atoms with E-state index in [4.69, 9.17) is 5.11 Å². The number of carbonyl (C=O) groups is 2. The minimum Gasteiger partial charge on any atom is -0.480 e. The number of carboxylic acids is 1. The fourth-order valence-corrected chi connectivity index (χ4v) is 2.00. The Morgan fingerprint density at radius 3 is 2.59 bits per heavy atom. The van der Waals surface area contributed by atoms with Gasteiger partial charge in [-0.05, 0) is 24.8 Å². The summed E-state index contributed by atoms with van der Waals surface area (Å²) in [6.45, 7) is 1.72. The van der Waals surface area contributed by atoms with Gasteiger partial charge in [-0.25, -0.2) is 4.79 Å². The lowest BCUT2D eigenvalue weighted by atomic mass is 10.1. The third-order valence-corrected chi connectivity index (χ3v) is 3.16. The van der Waals surface area contributed by atoms with Crippen molar-refractivity contribution in [1.29, 1.82) is 0 Å². The monoisotopic (exact) mass is 253 g/mol. The SMILES string of the molecule is CC[C@@H](NC(=O)c1ccccc1SC)C(=O)O. The number of thioether (sulfide) groups is 1. The minimum atomic E-state index is -1.01. The highest BCUT2D eigenvalue weighted by Crippen LogP contribution is 2.19. The molecule has 17 heavy (non-hydrogen) atoms. The summed E-state index contributed by atoms with van der Waals surface area (Å²) in [5.74, 6) is -1.35. The molecule has 0 aliphatic carbocycles. The van der Waals surface area contributed by atoms with Crippen LogP contribution in [0.1, 0.15) is 23.7 Å². The van der Waals surface area contributed by atoms with E-state index in [-0.39, 0.29) is 5.91 Å². The number of carbonyl (C=O) groups excluding carboxylic acids is 1. The standard InChI is InChI=1S/C12H15NO3S/c1-3-9(12(15)16)13-11(14)8-6-4-5-7-10(8)17-2/h4-7,9H,3H2,1-2H3,(H,13,14)(H,15,16)/t9-/m1/s1. The third kappa shape index (κ3) is 3.49. The topological polar surface area (TPSA) is 66.4 Å². The Hall–Kier alpha value is -1.49. The smallest absolute Gasteiger partial charge is 0.326 e. The molecule has 4 nitrogen and oxygen atoms in total. The average Bonchev–Trinajstić information content (AvgIpc) is 2.35. The molecule has 0 fully saturated rings. The van der Waals surface area contributed by atoms with Crippen LogP contribution in [-0.4, -0.2) is 29.3 Å². The zero-order valence-electron chi connectivity index (χ0n) is 9.77. The fraction of sp³-hybridized carbons (Fsp3) is 0.333. The number of benzene rings is 1. The van der Waals surface area contributed by atoms with Gasteiger partial charge in [0.05, 0.1) is 5.56 Å². The number of hydrogen-bond acceptors (Lipinski definition) is 3. The molecular weight excluding hydrogens is 238 g/mol. The van der Waals surface area contributed by atoms with Gasteiger partial charge in [-0.15, -0.1) is 11.8 Å². The molecule has 0 aliphatic rings. The van der Waals surface area contributed by atoms with Crippen LogP contribution in [0.15, 0.2) is 29.2 Å². The third-order valence-electron chi connectivity index (χ3n) is 2.36. The number of hydrogen-bond donors (Lipinski definition) is 2. The van der Waals surface area contributed by atoms with Crippen molar-refractivity contribution in [3.8, 4) is 0 Å². The van der Waals surface area contributed by atoms with Crippen LogP contribution in [0.4, 0.5) is 0 Å². The van der Waals surface area contributed by atoms with Crippen molar-refractivity contribution < 1.29 is 14.7 Å². The van der Waals surface area contributed by atoms with Gasteiger partial charge in [0.25, 0.3) is 5.91 Å². The molecule has 1 aromatic carbocycles. The molecule has 0 spiro atoms. The van der Waals surface area contributed by atoms with Crippen LogP contribution < -0.4 is 5.32 Å². The molecule has 0 aliphatic heterocycles. The summed E-state index contributed by atoms with van der Waals surface area (Å²) in [7, 11) is 0. The molecule has 0 saturated heterocycles. The van der Waals surface area contributed by atoms with Crippen molar-refractivity contribution in [2.45, 2.75) is 24.3 Å². The second kappa shape index (κ2) is 6.30. The molecule has 1 aromatic rings. The van der Waals surface area contributed by atoms with Gasteiger partial charge < -0.3 is 10.4 Å². The Bertz CT molecular complexity index is 420. The number of rotatable bonds is 5. The molecule has 92 valence electrons. The van der Waals surface area contributed by atoms with Gasteiger partial charge >= 0.3 is 5.97 Å². The van der Waals surface area contributed by atoms with Gasteiger partial charge in [0.1, 0.15) is 6.04 Å². The Morgan fingerprint density at radius 2 is 2.06 bits per heavy atom. The van der Waals surface area contributed by atoms with Crippen molar-refractivity contribution in [3.63, 3.8) is 0 Å². The largest absolute Gasteiger partial charge is 0.480 e. The van der Waals surface area contributed by atoms with Crippen LogP contribution in [0.5, 0.6) is 0 Å². The molecule has 1 amide bonds. The van der Waals surface area contributed by atoms with Gasteiger partial charge in [-0.2, -0.15) is 0 Å². The summed E-state index contributed by atoms with van der Waals surface area (Å²) in [4.78, 5) is 23.6. The lowest BCUT2D eigenvalue weighted by Gasteiger charge is -2.13. The highest BCUT2D eigenvalue weighted by Gasteiger charge is 2.19. The van der Waals surface area contributed by atoms with Crippen molar-refractivity contribution in [2.24, 2.45) is 0 Å². The van der Waals surface area contributed by atoms with E-state index >= 15 is 0 Å². The molecule has 1 rings (SSSR count). The molecule has 0 radical (unpaired) electrons. The predicted octanol–water partition coefficient (Wildman–Crippen LogP) is 2.00. The Balaban J connectivity index is 2.86. The summed E-state index contributed by atoms with van der Waals surface area (Å²) >= 11 is 1.46. The van der Waals surface area contributed by atoms with E-state index in [0.717, 1.165) is 4.90 Å². The van der Waals surface area contributed by atoms with Crippen molar-refractivity contribution in [2.75, 3.05) is 6.26 Å². The molecular formula is C12H15NO3S. The molecule has 5 heteroatoms. The maximum Gasteiger partial charge on any atom is 0.326 e. The van der Waals surface area contributed by atoms with Crippen LogP contribution in [0.25, 0.3) is 0 Å². The first-order valence-electron chi connectivity index (χ1n) is 5.26. The highest BCUT2D eigenvalue weighted by molar-refractivity contribution is 7.98. The fourth-order valence-electron chi connectivity index (χ4n) is 1.41. The van der Waals surface area contributed by atoms with E-state index in [1.165, 1.54) is 11.8 Å². The summed E-state index contributed by atoms with van der Waals surface area (Å²) in [6.07, 6.45) is 2.24. The molecule has 2 N–H and O–H groups in total. The molecule has 1 atom stereocenters. The molecule has 0 heterocycles. The first-order chi connectivity index (χ1) is 8.10. The van der Waals surface area contributed by atoms with Gasteiger partial charge in [0.15, 0.2) is 0 Å². The highest BCUT2D eigenvalue weighted by atomic mass is 32.2. The van der Waals surface area contributed by atoms with Crippen LogP contribution in [-0.2, 0) is 4.79 Å². The number of aliphatic carboxylic acids is 1. The van der Waals surface area contributed by atoms with Crippen molar-refractivity contribution in [1.82, 2.24) is 5.32 Å². The zero-order chi connectivity index (χ0) is 12.8. The predicted molar refractivity (Wildman–Crippen MR) is 67.4 cm³/mol. The van der Waals surface area contributed by atoms with Crippen LogP contribution in [0.3, 0.4) is 0 Å². The van der Waals surface area contributed by atoms with E-state index in [1.807, 2.05) is 18.4 Å². The first kappa shape index (κ1) is 13.6. The lowest BCUT2D eigenvalue weighted by Crippen LogP contribution is -2.40. The molecule has 0 bridgehead atoms. The number of carboxylic acid groups (broad SMARTS) is 1. The maximum atomic E-state index is 11.9. The number of nitrogens with one attached hydrogen (secondary N) is 1. The molecule has 0 aromatic heterocycles. The summed E-state index contributed by atoms with van der Waals surface area (Å²) in [5, 5.41) is 11.4. The van der Waals surface area contributed by atoms with E-state index in [2.05, 4.69) is 5.32 Å². The Kier molecular flexibility index (Phi) is 5.03. The summed E-state index contributed by atoms with van der Waals surface area (Å²) in [5.41, 5.74) is 0.514.